The number of hydrogen-bond donors (Lipinski definition) is 1. The van der Waals surface area contributed by atoms with E-state index in [1.54, 1.807) is 0 Å². The summed E-state index contributed by atoms with van der Waals surface area (Å²) in [7, 11) is 0. The summed E-state index contributed by atoms with van der Waals surface area (Å²) in [4.78, 5) is 58.4. The van der Waals surface area contributed by atoms with Gasteiger partial charge in [-0.25, -0.2) is 4.79 Å². The van der Waals surface area contributed by atoms with E-state index in [2.05, 4.69) is 21.2 Å². The van der Waals surface area contributed by atoms with Gasteiger partial charge in [-0.1, -0.05) is 15.9 Å². The number of ether oxygens (including phenoxy) is 4. The molecule has 11 nitrogen and oxygen atoms in total. The van der Waals surface area contributed by atoms with Crippen molar-refractivity contribution < 1.29 is 42.9 Å². The molecule has 2 rings (SSSR count). The van der Waals surface area contributed by atoms with E-state index in [-0.39, 0.29) is 13.2 Å². The first-order valence-corrected chi connectivity index (χ1v) is 8.90. The molecule has 5 atom stereocenters. The quantitative estimate of drug-likeness (QED) is 0.332. The van der Waals surface area contributed by atoms with Crippen molar-refractivity contribution in [3.05, 3.63) is 0 Å². The predicted octanol–water partition coefficient (Wildman–Crippen LogP) is -0.547. The molecule has 0 aromatic heterocycles. The van der Waals surface area contributed by atoms with E-state index >= 15 is 0 Å². The Labute approximate surface area is 162 Å². The molecular formula is C15H19BrN2O9. The van der Waals surface area contributed by atoms with Gasteiger partial charge in [0, 0.05) is 27.3 Å². The average Bonchev–Trinajstić information content (AvgIpc) is 2.85. The Morgan fingerprint density at radius 3 is 2.26 bits per heavy atom. The van der Waals surface area contributed by atoms with Gasteiger partial charge in [-0.05, 0) is 0 Å². The summed E-state index contributed by atoms with van der Waals surface area (Å²) < 4.78 is 21.1. The lowest BCUT2D eigenvalue weighted by Gasteiger charge is -2.35. The zero-order valence-corrected chi connectivity index (χ0v) is 16.4. The van der Waals surface area contributed by atoms with Gasteiger partial charge in [0.2, 0.25) is 5.91 Å². The monoisotopic (exact) mass is 450 g/mol. The predicted molar refractivity (Wildman–Crippen MR) is 89.4 cm³/mol. The normalized spacial score (nSPS) is 30.5. The molecule has 0 saturated carbocycles. The Balaban J connectivity index is 2.30. The molecule has 0 spiro atoms. The first-order valence-electron chi connectivity index (χ1n) is 7.99. The van der Waals surface area contributed by atoms with Crippen molar-refractivity contribution in [1.29, 1.82) is 0 Å². The molecule has 12 heteroatoms. The van der Waals surface area contributed by atoms with Gasteiger partial charge in [-0.15, -0.1) is 0 Å². The highest BCUT2D eigenvalue weighted by atomic mass is 79.9. The number of carbonyl (C=O) groups excluding carboxylic acids is 5. The summed E-state index contributed by atoms with van der Waals surface area (Å²) in [6.07, 6.45) is -4.43. The molecule has 1 N–H and O–H groups in total. The topological polar surface area (TPSA) is 138 Å². The lowest BCUT2D eigenvalue weighted by Crippen LogP contribution is -2.61. The molecule has 2 aliphatic rings. The van der Waals surface area contributed by atoms with Gasteiger partial charge >= 0.3 is 23.9 Å². The molecule has 0 aromatic carbocycles. The third-order valence-electron chi connectivity index (χ3n) is 3.78. The first-order chi connectivity index (χ1) is 12.6. The Hall–Kier alpha value is -2.21. The minimum Gasteiger partial charge on any atom is -0.463 e. The van der Waals surface area contributed by atoms with Crippen LogP contribution in [0.5, 0.6) is 0 Å². The number of carbonyl (C=O) groups is 5. The van der Waals surface area contributed by atoms with Gasteiger partial charge in [-0.2, -0.15) is 0 Å². The lowest BCUT2D eigenvalue weighted by atomic mass is 10.1. The fraction of sp³-hybridized carbons (Fsp3) is 0.667. The second-order valence-electron chi connectivity index (χ2n) is 5.93. The summed E-state index contributed by atoms with van der Waals surface area (Å²) in [6.45, 7) is 3.14. The summed E-state index contributed by atoms with van der Waals surface area (Å²) >= 11 is 3.14. The van der Waals surface area contributed by atoms with E-state index in [4.69, 9.17) is 18.9 Å². The zero-order valence-electron chi connectivity index (χ0n) is 14.8. The molecule has 0 bridgehead atoms. The SMILES string of the molecule is CC(=O)OC[C@H]1O[C@@H](N2CC(Br)C(=O)NC2=O)[C@@H](OC(C)=O)[C@H]1OC(C)=O. The summed E-state index contributed by atoms with van der Waals surface area (Å²) in [5.74, 6) is -2.48. The van der Waals surface area contributed by atoms with Crippen LogP contribution in [0.3, 0.4) is 0 Å². The number of rotatable bonds is 5. The Morgan fingerprint density at radius 1 is 1.11 bits per heavy atom. The number of esters is 3. The second-order valence-corrected chi connectivity index (χ2v) is 7.04. The summed E-state index contributed by atoms with van der Waals surface area (Å²) in [5.41, 5.74) is 0. The molecule has 2 aliphatic heterocycles. The Morgan fingerprint density at radius 2 is 1.70 bits per heavy atom. The van der Waals surface area contributed by atoms with Crippen LogP contribution in [0.1, 0.15) is 20.8 Å². The number of nitrogens with one attached hydrogen (secondary N) is 1. The highest BCUT2D eigenvalue weighted by molar-refractivity contribution is 9.10. The Bertz CT molecular complexity index is 655. The van der Waals surface area contributed by atoms with Crippen molar-refractivity contribution >= 4 is 45.8 Å². The largest absolute Gasteiger partial charge is 0.463 e. The molecule has 2 heterocycles. The maximum atomic E-state index is 12.2. The van der Waals surface area contributed by atoms with Crippen molar-refractivity contribution in [1.82, 2.24) is 10.2 Å². The van der Waals surface area contributed by atoms with E-state index < -0.39 is 59.2 Å². The fourth-order valence-corrected chi connectivity index (χ4v) is 3.18. The van der Waals surface area contributed by atoms with E-state index in [1.807, 2.05) is 0 Å². The minimum atomic E-state index is -1.18. The van der Waals surface area contributed by atoms with Crippen molar-refractivity contribution in [2.45, 2.75) is 50.1 Å². The highest BCUT2D eigenvalue weighted by Gasteiger charge is 2.54. The van der Waals surface area contributed by atoms with E-state index in [9.17, 15) is 24.0 Å². The number of halogens is 1. The Kier molecular flexibility index (Phi) is 6.76. The number of imide groups is 1. The summed E-state index contributed by atoms with van der Waals surface area (Å²) in [5, 5.41) is 2.14. The van der Waals surface area contributed by atoms with Gasteiger partial charge in [0.05, 0.1) is 0 Å². The summed E-state index contributed by atoms with van der Waals surface area (Å²) in [6, 6.07) is -0.757. The van der Waals surface area contributed by atoms with Gasteiger partial charge in [-0.3, -0.25) is 29.4 Å². The van der Waals surface area contributed by atoms with E-state index in [0.29, 0.717) is 0 Å². The maximum Gasteiger partial charge on any atom is 0.326 e. The van der Waals surface area contributed by atoms with Crippen molar-refractivity contribution in [3.8, 4) is 0 Å². The van der Waals surface area contributed by atoms with Gasteiger partial charge in [0.1, 0.15) is 17.5 Å². The number of amides is 3. The zero-order chi connectivity index (χ0) is 20.3. The average molecular weight is 451 g/mol. The van der Waals surface area contributed by atoms with Crippen LogP contribution in [0.25, 0.3) is 0 Å². The van der Waals surface area contributed by atoms with Crippen molar-refractivity contribution in [2.75, 3.05) is 13.2 Å². The molecule has 150 valence electrons. The molecular weight excluding hydrogens is 432 g/mol. The van der Waals surface area contributed by atoms with Gasteiger partial charge in [0.25, 0.3) is 0 Å². The van der Waals surface area contributed by atoms with Crippen LogP contribution in [0.4, 0.5) is 4.79 Å². The van der Waals surface area contributed by atoms with Crippen molar-refractivity contribution in [2.24, 2.45) is 0 Å². The van der Waals surface area contributed by atoms with Crippen LogP contribution >= 0.6 is 15.9 Å². The molecule has 0 radical (unpaired) electrons. The second kappa shape index (κ2) is 8.65. The van der Waals surface area contributed by atoms with E-state index in [1.165, 1.54) is 6.92 Å². The minimum absolute atomic E-state index is 0.0693. The lowest BCUT2D eigenvalue weighted by molar-refractivity contribution is -0.167. The van der Waals surface area contributed by atoms with Crippen molar-refractivity contribution in [3.63, 3.8) is 0 Å². The number of urea groups is 1. The molecule has 0 aliphatic carbocycles. The van der Waals surface area contributed by atoms with Crippen LogP contribution in [0.15, 0.2) is 0 Å². The standard InChI is InChI=1S/C15H19BrN2O9/c1-6(19)24-5-10-11(25-7(2)20)12(26-8(3)21)14(27-10)18-4-9(16)13(22)17-15(18)23/h9-12,14H,4-5H2,1-3H3,(H,17,22,23)/t9?,10-,11+,12+,14-/m1/s1. The van der Waals surface area contributed by atoms with Crippen LogP contribution in [0.2, 0.25) is 0 Å². The highest BCUT2D eigenvalue weighted by Crippen LogP contribution is 2.31. The van der Waals surface area contributed by atoms with Crippen LogP contribution in [0, 0.1) is 0 Å². The molecule has 1 unspecified atom stereocenters. The fourth-order valence-electron chi connectivity index (χ4n) is 2.76. The molecule has 27 heavy (non-hydrogen) atoms. The maximum absolute atomic E-state index is 12.2. The number of alkyl halides is 1. The molecule has 0 aromatic rings. The van der Waals surface area contributed by atoms with Gasteiger partial charge < -0.3 is 18.9 Å². The smallest absolute Gasteiger partial charge is 0.326 e. The van der Waals surface area contributed by atoms with Crippen LogP contribution in [-0.2, 0) is 38.1 Å². The number of hydrogen-bond acceptors (Lipinski definition) is 9. The van der Waals surface area contributed by atoms with E-state index in [0.717, 1.165) is 18.7 Å². The first kappa shape index (κ1) is 21.1. The molecule has 3 amide bonds. The molecule has 2 fully saturated rings. The number of nitrogens with zero attached hydrogens (tertiary/aromatic N) is 1. The van der Waals surface area contributed by atoms with Crippen LogP contribution in [-0.4, -0.2) is 77.3 Å². The van der Waals surface area contributed by atoms with Crippen LogP contribution < -0.4 is 5.32 Å². The molecule has 2 saturated heterocycles. The third kappa shape index (κ3) is 5.16. The van der Waals surface area contributed by atoms with Gasteiger partial charge in [0.15, 0.2) is 18.4 Å². The third-order valence-corrected chi connectivity index (χ3v) is 4.49.